The number of aromatic amines is 1. The summed E-state index contributed by atoms with van der Waals surface area (Å²) in [7, 11) is 0. The Morgan fingerprint density at radius 2 is 2.10 bits per heavy atom. The second-order valence-corrected chi connectivity index (χ2v) is 5.52. The minimum absolute atomic E-state index is 0.292. The van der Waals surface area contributed by atoms with Crippen LogP contribution in [0.1, 0.15) is 29.4 Å². The van der Waals surface area contributed by atoms with E-state index in [1.54, 1.807) is 6.07 Å². The van der Waals surface area contributed by atoms with Gasteiger partial charge in [0, 0.05) is 6.04 Å². The summed E-state index contributed by atoms with van der Waals surface area (Å²) in [5, 5.41) is 13.4. The molecule has 0 saturated carbocycles. The number of para-hydroxylation sites is 2. The number of nitrogens with one attached hydrogen (secondary N) is 2. The van der Waals surface area contributed by atoms with E-state index < -0.39 is 0 Å². The van der Waals surface area contributed by atoms with Gasteiger partial charge in [0.25, 0.3) is 0 Å². The summed E-state index contributed by atoms with van der Waals surface area (Å²) in [5.41, 5.74) is 4.36. The van der Waals surface area contributed by atoms with Gasteiger partial charge in [-0.25, -0.2) is 4.98 Å². The summed E-state index contributed by atoms with van der Waals surface area (Å²) in [6.45, 7) is 0.703. The average Bonchev–Trinajstić information content (AvgIpc) is 3.09. The van der Waals surface area contributed by atoms with Crippen LogP contribution in [-0.2, 0) is 13.0 Å². The largest absolute Gasteiger partial charge is 0.508 e. The lowest BCUT2D eigenvalue weighted by Gasteiger charge is -2.13. The van der Waals surface area contributed by atoms with Crippen molar-refractivity contribution >= 4 is 11.0 Å². The highest BCUT2D eigenvalue weighted by atomic mass is 16.3. The van der Waals surface area contributed by atoms with Gasteiger partial charge in [0.2, 0.25) is 0 Å². The van der Waals surface area contributed by atoms with Crippen LogP contribution in [0.4, 0.5) is 0 Å². The quantitative estimate of drug-likeness (QED) is 0.690. The molecular weight excluding hydrogens is 262 g/mol. The van der Waals surface area contributed by atoms with Gasteiger partial charge < -0.3 is 15.4 Å². The number of phenols is 1. The number of fused-ring (bicyclic) bond motifs is 2. The van der Waals surface area contributed by atoms with Gasteiger partial charge >= 0.3 is 0 Å². The third-order valence-electron chi connectivity index (χ3n) is 4.20. The van der Waals surface area contributed by atoms with E-state index in [2.05, 4.69) is 21.4 Å². The molecule has 0 aliphatic heterocycles. The Bertz CT molecular complexity index is 761. The Kier molecular flexibility index (Phi) is 2.89. The Morgan fingerprint density at radius 1 is 1.19 bits per heavy atom. The topological polar surface area (TPSA) is 60.9 Å². The molecule has 0 spiro atoms. The van der Waals surface area contributed by atoms with Crippen molar-refractivity contribution in [3.05, 3.63) is 59.4 Å². The van der Waals surface area contributed by atoms with Crippen molar-refractivity contribution in [2.75, 3.05) is 0 Å². The zero-order valence-corrected chi connectivity index (χ0v) is 11.6. The molecule has 1 aliphatic carbocycles. The van der Waals surface area contributed by atoms with Crippen molar-refractivity contribution in [2.24, 2.45) is 0 Å². The zero-order valence-electron chi connectivity index (χ0n) is 11.6. The molecule has 4 heteroatoms. The Balaban J connectivity index is 1.52. The normalized spacial score (nSPS) is 17.2. The molecular formula is C17H17N3O. The van der Waals surface area contributed by atoms with Crippen molar-refractivity contribution < 1.29 is 5.11 Å². The van der Waals surface area contributed by atoms with Crippen molar-refractivity contribution in [1.29, 1.82) is 0 Å². The number of hydrogen-bond donors (Lipinski definition) is 3. The molecule has 0 radical (unpaired) electrons. The molecule has 3 N–H and O–H groups in total. The van der Waals surface area contributed by atoms with E-state index in [1.165, 1.54) is 5.56 Å². The van der Waals surface area contributed by atoms with Crippen LogP contribution in [0, 0.1) is 0 Å². The number of benzene rings is 2. The molecule has 1 unspecified atom stereocenters. The standard InChI is InChI=1S/C17H17N3O/c21-16-7-3-4-11-12(16)8-9-13(11)18-10-17-19-14-5-1-2-6-15(14)20-17/h1-7,13,18,21H,8-10H2,(H,19,20). The van der Waals surface area contributed by atoms with Crippen molar-refractivity contribution in [3.63, 3.8) is 0 Å². The van der Waals surface area contributed by atoms with Crippen LogP contribution >= 0.6 is 0 Å². The highest BCUT2D eigenvalue weighted by Crippen LogP contribution is 2.36. The predicted octanol–water partition coefficient (Wildman–Crippen LogP) is 3.05. The van der Waals surface area contributed by atoms with Crippen molar-refractivity contribution in [2.45, 2.75) is 25.4 Å². The first-order valence-corrected chi connectivity index (χ1v) is 7.29. The van der Waals surface area contributed by atoms with Crippen molar-refractivity contribution in [3.8, 4) is 5.75 Å². The summed E-state index contributed by atoms with van der Waals surface area (Å²) in [6, 6.07) is 14.1. The summed E-state index contributed by atoms with van der Waals surface area (Å²) < 4.78 is 0. The van der Waals surface area contributed by atoms with E-state index in [9.17, 15) is 5.11 Å². The first-order valence-electron chi connectivity index (χ1n) is 7.29. The monoisotopic (exact) mass is 279 g/mol. The number of nitrogens with zero attached hydrogens (tertiary/aromatic N) is 1. The molecule has 21 heavy (non-hydrogen) atoms. The second-order valence-electron chi connectivity index (χ2n) is 5.52. The molecule has 2 aromatic carbocycles. The lowest BCUT2D eigenvalue weighted by atomic mass is 10.1. The van der Waals surface area contributed by atoms with Crippen molar-refractivity contribution in [1.82, 2.24) is 15.3 Å². The molecule has 3 aromatic rings. The van der Waals surface area contributed by atoms with Gasteiger partial charge in [-0.2, -0.15) is 0 Å². The number of hydrogen-bond acceptors (Lipinski definition) is 3. The lowest BCUT2D eigenvalue weighted by molar-refractivity contribution is 0.469. The molecule has 0 saturated heterocycles. The highest BCUT2D eigenvalue weighted by Gasteiger charge is 2.24. The van der Waals surface area contributed by atoms with E-state index in [4.69, 9.17) is 0 Å². The average molecular weight is 279 g/mol. The van der Waals surface area contributed by atoms with Gasteiger partial charge in [-0.15, -0.1) is 0 Å². The van der Waals surface area contributed by atoms with Gasteiger partial charge in [-0.1, -0.05) is 24.3 Å². The molecule has 1 atom stereocenters. The first kappa shape index (κ1) is 12.4. The van der Waals surface area contributed by atoms with Crippen LogP contribution in [0.15, 0.2) is 42.5 Å². The van der Waals surface area contributed by atoms with Crippen LogP contribution in [0.5, 0.6) is 5.75 Å². The maximum absolute atomic E-state index is 9.88. The molecule has 4 nitrogen and oxygen atoms in total. The molecule has 1 aliphatic rings. The van der Waals surface area contributed by atoms with Crippen LogP contribution in [0.3, 0.4) is 0 Å². The van der Waals surface area contributed by atoms with E-state index in [0.717, 1.165) is 35.3 Å². The Morgan fingerprint density at radius 3 is 3.00 bits per heavy atom. The highest BCUT2D eigenvalue weighted by molar-refractivity contribution is 5.74. The fourth-order valence-electron chi connectivity index (χ4n) is 3.16. The van der Waals surface area contributed by atoms with Crippen LogP contribution in [0.25, 0.3) is 11.0 Å². The molecule has 4 rings (SSSR count). The smallest absolute Gasteiger partial charge is 0.121 e. The fourth-order valence-corrected chi connectivity index (χ4v) is 3.16. The number of phenolic OH excluding ortho intramolecular Hbond substituents is 1. The van der Waals surface area contributed by atoms with Crippen LogP contribution < -0.4 is 5.32 Å². The first-order chi connectivity index (χ1) is 10.3. The number of imidazole rings is 1. The minimum Gasteiger partial charge on any atom is -0.508 e. The summed E-state index contributed by atoms with van der Waals surface area (Å²) in [4.78, 5) is 7.91. The third kappa shape index (κ3) is 2.17. The number of H-pyrrole nitrogens is 1. The minimum atomic E-state index is 0.292. The molecule has 106 valence electrons. The number of aromatic hydroxyl groups is 1. The van der Waals surface area contributed by atoms with E-state index in [-0.39, 0.29) is 0 Å². The molecule has 0 fully saturated rings. The maximum atomic E-state index is 9.88. The maximum Gasteiger partial charge on any atom is 0.121 e. The van der Waals surface area contributed by atoms with Gasteiger partial charge in [-0.3, -0.25) is 0 Å². The number of aromatic nitrogens is 2. The van der Waals surface area contributed by atoms with E-state index in [0.29, 0.717) is 18.3 Å². The predicted molar refractivity (Wildman–Crippen MR) is 82.1 cm³/mol. The molecule has 1 aromatic heterocycles. The SMILES string of the molecule is Oc1cccc2c1CCC2NCc1nc2ccccc2[nH]1. The summed E-state index contributed by atoms with van der Waals surface area (Å²) in [6.07, 6.45) is 1.95. The van der Waals surface area contributed by atoms with Crippen LogP contribution in [-0.4, -0.2) is 15.1 Å². The van der Waals surface area contributed by atoms with Gasteiger partial charge in [-0.05, 0) is 42.2 Å². The Hall–Kier alpha value is -2.33. The summed E-state index contributed by atoms with van der Waals surface area (Å²) >= 11 is 0. The van der Waals surface area contributed by atoms with Gasteiger partial charge in [0.05, 0.1) is 17.6 Å². The lowest BCUT2D eigenvalue weighted by Crippen LogP contribution is -2.19. The fraction of sp³-hybridized carbons (Fsp3) is 0.235. The van der Waals surface area contributed by atoms with Gasteiger partial charge in [0.1, 0.15) is 11.6 Å². The summed E-state index contributed by atoms with van der Waals surface area (Å²) in [5.74, 6) is 1.37. The van der Waals surface area contributed by atoms with Gasteiger partial charge in [0.15, 0.2) is 0 Å². The third-order valence-corrected chi connectivity index (χ3v) is 4.20. The zero-order chi connectivity index (χ0) is 14.2. The van der Waals surface area contributed by atoms with E-state index in [1.807, 2.05) is 30.3 Å². The van der Waals surface area contributed by atoms with Crippen LogP contribution in [0.2, 0.25) is 0 Å². The Labute approximate surface area is 122 Å². The molecule has 1 heterocycles. The second kappa shape index (κ2) is 4.90. The van der Waals surface area contributed by atoms with E-state index >= 15 is 0 Å². The molecule has 0 amide bonds. The molecule has 0 bridgehead atoms. The number of rotatable bonds is 3.